The van der Waals surface area contributed by atoms with E-state index >= 15 is 0 Å². The van der Waals surface area contributed by atoms with Gasteiger partial charge in [0.2, 0.25) is 0 Å². The molecule has 2 heteroatoms. The third-order valence-corrected chi connectivity index (χ3v) is 11.2. The van der Waals surface area contributed by atoms with Gasteiger partial charge < -0.3 is 9.32 Å². The Balaban J connectivity index is 1.28. The summed E-state index contributed by atoms with van der Waals surface area (Å²) in [6.45, 7) is 9.44. The molecule has 2 nitrogen and oxygen atoms in total. The van der Waals surface area contributed by atoms with Crippen molar-refractivity contribution < 1.29 is 4.42 Å². The van der Waals surface area contributed by atoms with Crippen LogP contribution < -0.4 is 4.90 Å². The first-order valence-electron chi connectivity index (χ1n) is 16.9. The zero-order valence-corrected chi connectivity index (χ0v) is 27.6. The van der Waals surface area contributed by atoms with Crippen molar-refractivity contribution in [3.63, 3.8) is 0 Å². The van der Waals surface area contributed by atoms with Crippen molar-refractivity contribution in [3.8, 4) is 22.3 Å². The van der Waals surface area contributed by atoms with Crippen LogP contribution in [0.2, 0.25) is 0 Å². The van der Waals surface area contributed by atoms with Crippen LogP contribution in [-0.4, -0.2) is 0 Å². The smallest absolute Gasteiger partial charge is 0.136 e. The van der Waals surface area contributed by atoms with Gasteiger partial charge in [-0.1, -0.05) is 125 Å². The van der Waals surface area contributed by atoms with E-state index in [-0.39, 0.29) is 10.8 Å². The van der Waals surface area contributed by atoms with Gasteiger partial charge in [0.1, 0.15) is 11.2 Å². The molecule has 230 valence electrons. The van der Waals surface area contributed by atoms with E-state index in [1.165, 1.54) is 61.3 Å². The first-order chi connectivity index (χ1) is 23.3. The van der Waals surface area contributed by atoms with Gasteiger partial charge in [0.15, 0.2) is 0 Å². The molecule has 0 saturated heterocycles. The van der Waals surface area contributed by atoms with Crippen molar-refractivity contribution in [1.82, 2.24) is 0 Å². The molecule has 8 aromatic rings. The number of hydrogen-bond acceptors (Lipinski definition) is 2. The molecule has 7 aromatic carbocycles. The lowest BCUT2D eigenvalue weighted by atomic mass is 9.82. The van der Waals surface area contributed by atoms with Gasteiger partial charge in [0, 0.05) is 38.4 Å². The lowest BCUT2D eigenvalue weighted by molar-refractivity contribution is 0.660. The molecule has 48 heavy (non-hydrogen) atoms. The van der Waals surface area contributed by atoms with Crippen LogP contribution in [0.5, 0.6) is 0 Å². The average Bonchev–Trinajstić information content (AvgIpc) is 3.67. The number of para-hydroxylation sites is 1. The molecule has 10 rings (SSSR count). The van der Waals surface area contributed by atoms with Gasteiger partial charge in [0.25, 0.3) is 0 Å². The van der Waals surface area contributed by atoms with E-state index in [2.05, 4.69) is 166 Å². The summed E-state index contributed by atoms with van der Waals surface area (Å²) in [5.74, 6) is 0. The maximum Gasteiger partial charge on any atom is 0.136 e. The van der Waals surface area contributed by atoms with Crippen molar-refractivity contribution in [2.75, 3.05) is 4.90 Å². The van der Waals surface area contributed by atoms with Crippen LogP contribution >= 0.6 is 0 Å². The Kier molecular flexibility index (Phi) is 5.44. The van der Waals surface area contributed by atoms with Gasteiger partial charge >= 0.3 is 0 Å². The molecule has 0 spiro atoms. The quantitative estimate of drug-likeness (QED) is 0.196. The highest BCUT2D eigenvalue weighted by atomic mass is 16.3. The Morgan fingerprint density at radius 1 is 0.438 bits per heavy atom. The fourth-order valence-electron chi connectivity index (χ4n) is 8.85. The van der Waals surface area contributed by atoms with Crippen LogP contribution in [0.25, 0.3) is 55.0 Å². The zero-order valence-electron chi connectivity index (χ0n) is 27.6. The van der Waals surface area contributed by atoms with Crippen LogP contribution in [0.3, 0.4) is 0 Å². The molecule has 0 aliphatic heterocycles. The fraction of sp³-hybridized carbons (Fsp3) is 0.130. The highest BCUT2D eigenvalue weighted by Crippen LogP contribution is 2.58. The highest BCUT2D eigenvalue weighted by Gasteiger charge is 2.40. The second kappa shape index (κ2) is 9.49. The first kappa shape index (κ1) is 27.5. The molecule has 0 amide bonds. The van der Waals surface area contributed by atoms with Crippen LogP contribution in [0.15, 0.2) is 144 Å². The molecule has 2 aliphatic carbocycles. The predicted molar refractivity (Wildman–Crippen MR) is 201 cm³/mol. The monoisotopic (exact) mass is 617 g/mol. The normalized spacial score (nSPS) is 15.0. The number of nitrogens with zero attached hydrogens (tertiary/aromatic N) is 1. The Labute approximate surface area is 280 Å². The maximum absolute atomic E-state index is 6.36. The molecule has 0 bridgehead atoms. The third kappa shape index (κ3) is 3.58. The Hall–Kier alpha value is -5.60. The average molecular weight is 618 g/mol. The third-order valence-electron chi connectivity index (χ3n) is 11.2. The van der Waals surface area contributed by atoms with E-state index in [4.69, 9.17) is 4.42 Å². The van der Waals surface area contributed by atoms with Gasteiger partial charge in [0.05, 0.1) is 11.4 Å². The second-order valence-corrected chi connectivity index (χ2v) is 14.6. The summed E-state index contributed by atoms with van der Waals surface area (Å²) in [6.07, 6.45) is 0. The minimum absolute atomic E-state index is 0.100. The van der Waals surface area contributed by atoms with Crippen LogP contribution in [0.4, 0.5) is 17.1 Å². The number of furan rings is 1. The van der Waals surface area contributed by atoms with Crippen LogP contribution in [0.1, 0.15) is 49.9 Å². The predicted octanol–water partition coefficient (Wildman–Crippen LogP) is 12.8. The number of hydrogen-bond donors (Lipinski definition) is 0. The number of fused-ring (bicyclic) bond motifs is 10. The largest absolute Gasteiger partial charge is 0.456 e. The summed E-state index contributed by atoms with van der Waals surface area (Å²) in [7, 11) is 0. The minimum Gasteiger partial charge on any atom is -0.456 e. The number of anilines is 3. The summed E-state index contributed by atoms with van der Waals surface area (Å²) in [6, 6.07) is 51.4. The molecular weight excluding hydrogens is 583 g/mol. The summed E-state index contributed by atoms with van der Waals surface area (Å²) in [4.78, 5) is 2.52. The Morgan fingerprint density at radius 3 is 1.65 bits per heavy atom. The molecule has 0 N–H and O–H groups in total. The van der Waals surface area contributed by atoms with Crippen molar-refractivity contribution in [1.29, 1.82) is 0 Å². The van der Waals surface area contributed by atoms with Crippen LogP contribution in [-0.2, 0) is 10.8 Å². The SMILES string of the molecule is CC1(C)c2ccccc2-c2c(N(c3ccc4cc5c(cc4c3)oc3ccccc35)c3cccc4c3-c3ccccc3C4(C)C)cccc21. The Morgan fingerprint density at radius 2 is 1.00 bits per heavy atom. The summed E-state index contributed by atoms with van der Waals surface area (Å²) in [5.41, 5.74) is 15.9. The maximum atomic E-state index is 6.36. The first-order valence-corrected chi connectivity index (χ1v) is 16.9. The van der Waals surface area contributed by atoms with Crippen molar-refractivity contribution in [2.24, 2.45) is 0 Å². The Bertz CT molecular complexity index is 2530. The summed E-state index contributed by atoms with van der Waals surface area (Å²) < 4.78 is 6.36. The summed E-state index contributed by atoms with van der Waals surface area (Å²) in [5, 5.41) is 4.67. The number of rotatable bonds is 3. The highest BCUT2D eigenvalue weighted by molar-refractivity contribution is 6.11. The molecule has 0 atom stereocenters. The van der Waals surface area contributed by atoms with E-state index in [0.29, 0.717) is 0 Å². The van der Waals surface area contributed by atoms with Crippen molar-refractivity contribution in [3.05, 3.63) is 162 Å². The molecule has 0 fully saturated rings. The molecule has 2 aliphatic rings. The number of benzene rings is 7. The topological polar surface area (TPSA) is 16.4 Å². The molecule has 1 heterocycles. The standard InChI is InChI=1S/C46H35NO/c1-45(2)35-16-8-5-14-32(35)43-37(45)18-11-20-39(43)47(40-21-12-19-38-44(40)33-15-6-9-17-36(33)46(38,3)4)30-24-23-28-26-34-31-13-7-10-22-41(31)48-42(34)27-29(28)25-30/h5-27H,1-4H3. The van der Waals surface area contributed by atoms with Gasteiger partial charge in [-0.15, -0.1) is 0 Å². The molecular formula is C46H35NO. The van der Waals surface area contributed by atoms with Gasteiger partial charge in [-0.3, -0.25) is 0 Å². The van der Waals surface area contributed by atoms with Crippen molar-refractivity contribution >= 4 is 49.8 Å². The van der Waals surface area contributed by atoms with Gasteiger partial charge in [-0.2, -0.15) is 0 Å². The van der Waals surface area contributed by atoms with E-state index in [9.17, 15) is 0 Å². The van der Waals surface area contributed by atoms with Crippen molar-refractivity contribution in [2.45, 2.75) is 38.5 Å². The van der Waals surface area contributed by atoms with E-state index in [0.717, 1.165) is 33.0 Å². The minimum atomic E-state index is -0.100. The van der Waals surface area contributed by atoms with Crippen LogP contribution in [0, 0.1) is 0 Å². The lowest BCUT2D eigenvalue weighted by Gasteiger charge is -2.31. The van der Waals surface area contributed by atoms with E-state index < -0.39 is 0 Å². The van der Waals surface area contributed by atoms with Gasteiger partial charge in [-0.25, -0.2) is 0 Å². The molecule has 0 saturated carbocycles. The zero-order chi connectivity index (χ0) is 32.4. The molecule has 0 unspecified atom stereocenters. The van der Waals surface area contributed by atoms with E-state index in [1.54, 1.807) is 0 Å². The molecule has 0 radical (unpaired) electrons. The van der Waals surface area contributed by atoms with Gasteiger partial charge in [-0.05, 0) is 86.6 Å². The second-order valence-electron chi connectivity index (χ2n) is 14.6. The van der Waals surface area contributed by atoms with E-state index in [1.807, 2.05) is 6.07 Å². The fourth-order valence-corrected chi connectivity index (χ4v) is 8.85. The lowest BCUT2D eigenvalue weighted by Crippen LogP contribution is -2.17. The summed E-state index contributed by atoms with van der Waals surface area (Å²) >= 11 is 0. The molecule has 1 aromatic heterocycles.